The highest BCUT2D eigenvalue weighted by atomic mass is 16.5. The van der Waals surface area contributed by atoms with Crippen LogP contribution in [-0.4, -0.2) is 43.3 Å². The summed E-state index contributed by atoms with van der Waals surface area (Å²) < 4.78 is 5.28. The molecule has 0 saturated heterocycles. The van der Waals surface area contributed by atoms with E-state index in [0.717, 1.165) is 25.7 Å². The van der Waals surface area contributed by atoms with Crippen molar-refractivity contribution in [2.24, 2.45) is 5.73 Å². The normalized spacial score (nSPS) is 24.9. The van der Waals surface area contributed by atoms with Gasteiger partial charge in [-0.05, 0) is 25.7 Å². The third-order valence-electron chi connectivity index (χ3n) is 4.55. The number of nitrogens with two attached hydrogens (primary N) is 1. The van der Waals surface area contributed by atoms with Crippen molar-refractivity contribution in [1.82, 2.24) is 4.90 Å². The van der Waals surface area contributed by atoms with Gasteiger partial charge in [0.15, 0.2) is 0 Å². The van der Waals surface area contributed by atoms with Gasteiger partial charge in [0.2, 0.25) is 0 Å². The highest BCUT2D eigenvalue weighted by molar-refractivity contribution is 5.00. The number of ether oxygens (including phenoxy) is 1. The Balaban J connectivity index is 2.04. The molecule has 0 aromatic heterocycles. The average molecular weight is 240 g/mol. The van der Waals surface area contributed by atoms with Crippen molar-refractivity contribution in [2.45, 2.75) is 62.9 Å². The molecule has 0 radical (unpaired) electrons. The van der Waals surface area contributed by atoms with Gasteiger partial charge < -0.3 is 10.5 Å². The second-order valence-corrected chi connectivity index (χ2v) is 5.76. The van der Waals surface area contributed by atoms with Crippen LogP contribution in [0.4, 0.5) is 0 Å². The van der Waals surface area contributed by atoms with Gasteiger partial charge in [-0.2, -0.15) is 0 Å². The quantitative estimate of drug-likeness (QED) is 0.723. The highest BCUT2D eigenvalue weighted by Gasteiger charge is 2.42. The van der Waals surface area contributed by atoms with E-state index in [2.05, 4.69) is 4.90 Å². The summed E-state index contributed by atoms with van der Waals surface area (Å²) in [5.74, 6) is 0. The van der Waals surface area contributed by atoms with Crippen molar-refractivity contribution in [2.75, 3.05) is 26.8 Å². The predicted octanol–water partition coefficient (Wildman–Crippen LogP) is 2.15. The Morgan fingerprint density at radius 1 is 1.18 bits per heavy atom. The minimum Gasteiger partial charge on any atom is -0.383 e. The van der Waals surface area contributed by atoms with E-state index >= 15 is 0 Å². The zero-order valence-corrected chi connectivity index (χ0v) is 11.3. The van der Waals surface area contributed by atoms with Crippen LogP contribution < -0.4 is 5.73 Å². The minimum atomic E-state index is 0.288. The summed E-state index contributed by atoms with van der Waals surface area (Å²) >= 11 is 0. The molecule has 2 saturated carbocycles. The van der Waals surface area contributed by atoms with Crippen LogP contribution in [0, 0.1) is 0 Å². The molecule has 0 spiro atoms. The van der Waals surface area contributed by atoms with Gasteiger partial charge in [0.1, 0.15) is 0 Å². The number of hydrogen-bond donors (Lipinski definition) is 1. The number of methoxy groups -OCH3 is 1. The number of rotatable bonds is 6. The largest absolute Gasteiger partial charge is 0.383 e. The van der Waals surface area contributed by atoms with E-state index in [4.69, 9.17) is 10.5 Å². The van der Waals surface area contributed by atoms with Crippen LogP contribution >= 0.6 is 0 Å². The van der Waals surface area contributed by atoms with Crippen molar-refractivity contribution in [1.29, 1.82) is 0 Å². The fraction of sp³-hybridized carbons (Fsp3) is 1.00. The molecule has 0 unspecified atom stereocenters. The Hall–Kier alpha value is -0.120. The zero-order valence-electron chi connectivity index (χ0n) is 11.3. The molecule has 2 aliphatic carbocycles. The molecule has 0 amide bonds. The third-order valence-corrected chi connectivity index (χ3v) is 4.55. The van der Waals surface area contributed by atoms with E-state index in [1.807, 2.05) is 0 Å². The average Bonchev–Trinajstić information content (AvgIpc) is 3.16. The summed E-state index contributed by atoms with van der Waals surface area (Å²) in [5, 5.41) is 0. The van der Waals surface area contributed by atoms with Gasteiger partial charge in [-0.15, -0.1) is 0 Å². The molecular weight excluding hydrogens is 212 g/mol. The summed E-state index contributed by atoms with van der Waals surface area (Å²) in [4.78, 5) is 2.70. The first-order chi connectivity index (χ1) is 8.32. The lowest BCUT2D eigenvalue weighted by atomic mass is 9.87. The lowest BCUT2D eigenvalue weighted by molar-refractivity contribution is 0.0414. The van der Waals surface area contributed by atoms with Gasteiger partial charge in [0, 0.05) is 31.8 Å². The topological polar surface area (TPSA) is 38.5 Å². The van der Waals surface area contributed by atoms with Gasteiger partial charge in [-0.3, -0.25) is 4.90 Å². The number of hydrogen-bond acceptors (Lipinski definition) is 3. The molecule has 17 heavy (non-hydrogen) atoms. The van der Waals surface area contributed by atoms with Crippen molar-refractivity contribution >= 4 is 0 Å². The van der Waals surface area contributed by atoms with E-state index in [1.165, 1.54) is 51.4 Å². The molecule has 0 aliphatic heterocycles. The summed E-state index contributed by atoms with van der Waals surface area (Å²) in [6, 6.07) is 0.798. The van der Waals surface area contributed by atoms with Crippen LogP contribution in [0.1, 0.15) is 51.4 Å². The fourth-order valence-corrected chi connectivity index (χ4v) is 3.38. The first-order valence-electron chi connectivity index (χ1n) is 7.28. The van der Waals surface area contributed by atoms with Gasteiger partial charge in [-0.1, -0.05) is 25.7 Å². The van der Waals surface area contributed by atoms with Gasteiger partial charge in [-0.25, -0.2) is 0 Å². The molecule has 2 rings (SSSR count). The zero-order chi connectivity index (χ0) is 12.1. The van der Waals surface area contributed by atoms with Crippen LogP contribution in [0.15, 0.2) is 0 Å². The van der Waals surface area contributed by atoms with Crippen molar-refractivity contribution in [3.05, 3.63) is 0 Å². The lowest BCUT2D eigenvalue weighted by Gasteiger charge is -2.43. The molecule has 3 heteroatoms. The standard InChI is InChI=1S/C14H28N2O/c1-17-11-10-16(13-6-7-13)14(12-15)8-4-2-3-5-9-14/h13H,2-12,15H2,1H3. The predicted molar refractivity (Wildman–Crippen MR) is 71.1 cm³/mol. The third kappa shape index (κ3) is 3.21. The summed E-state index contributed by atoms with van der Waals surface area (Å²) in [6.07, 6.45) is 10.8. The van der Waals surface area contributed by atoms with E-state index in [1.54, 1.807) is 7.11 Å². The molecule has 0 heterocycles. The number of nitrogens with zero attached hydrogens (tertiary/aromatic N) is 1. The van der Waals surface area contributed by atoms with Crippen LogP contribution in [-0.2, 0) is 4.74 Å². The van der Waals surface area contributed by atoms with Crippen LogP contribution in [0.2, 0.25) is 0 Å². The fourth-order valence-electron chi connectivity index (χ4n) is 3.38. The van der Waals surface area contributed by atoms with Crippen molar-refractivity contribution in [3.8, 4) is 0 Å². The van der Waals surface area contributed by atoms with Crippen LogP contribution in [0.25, 0.3) is 0 Å². The second kappa shape index (κ2) is 6.17. The second-order valence-electron chi connectivity index (χ2n) is 5.76. The van der Waals surface area contributed by atoms with Gasteiger partial charge in [0.25, 0.3) is 0 Å². The molecule has 100 valence electrons. The molecule has 0 bridgehead atoms. The van der Waals surface area contributed by atoms with E-state index < -0.39 is 0 Å². The Morgan fingerprint density at radius 2 is 1.82 bits per heavy atom. The van der Waals surface area contributed by atoms with Crippen molar-refractivity contribution < 1.29 is 4.74 Å². The van der Waals surface area contributed by atoms with E-state index in [0.29, 0.717) is 0 Å². The van der Waals surface area contributed by atoms with Gasteiger partial charge >= 0.3 is 0 Å². The molecule has 3 nitrogen and oxygen atoms in total. The lowest BCUT2D eigenvalue weighted by Crippen LogP contribution is -2.55. The van der Waals surface area contributed by atoms with Crippen LogP contribution in [0.5, 0.6) is 0 Å². The van der Waals surface area contributed by atoms with Crippen LogP contribution in [0.3, 0.4) is 0 Å². The molecule has 0 aromatic rings. The highest BCUT2D eigenvalue weighted by Crippen LogP contribution is 2.39. The summed E-state index contributed by atoms with van der Waals surface area (Å²) in [6.45, 7) is 2.74. The Kier molecular flexibility index (Phi) is 4.83. The summed E-state index contributed by atoms with van der Waals surface area (Å²) in [7, 11) is 1.80. The van der Waals surface area contributed by atoms with E-state index in [9.17, 15) is 0 Å². The SMILES string of the molecule is COCCN(C1CC1)C1(CN)CCCCCC1. The molecule has 0 atom stereocenters. The van der Waals surface area contributed by atoms with Gasteiger partial charge in [0.05, 0.1) is 6.61 Å². The maximum Gasteiger partial charge on any atom is 0.0590 e. The minimum absolute atomic E-state index is 0.288. The maximum atomic E-state index is 6.16. The van der Waals surface area contributed by atoms with Crippen molar-refractivity contribution in [3.63, 3.8) is 0 Å². The first-order valence-corrected chi connectivity index (χ1v) is 7.28. The first kappa shape index (κ1) is 13.3. The Morgan fingerprint density at radius 3 is 2.29 bits per heavy atom. The molecular formula is C14H28N2O. The molecule has 2 aliphatic rings. The maximum absolute atomic E-state index is 6.16. The molecule has 2 N–H and O–H groups in total. The Labute approximate surface area is 106 Å². The van der Waals surface area contributed by atoms with E-state index in [-0.39, 0.29) is 5.54 Å². The Bertz CT molecular complexity index is 220. The summed E-state index contributed by atoms with van der Waals surface area (Å²) in [5.41, 5.74) is 6.45. The molecule has 2 fully saturated rings. The smallest absolute Gasteiger partial charge is 0.0590 e. The molecule has 0 aromatic carbocycles. The monoisotopic (exact) mass is 240 g/mol.